The quantitative estimate of drug-likeness (QED) is 0.0261. The third-order valence-electron chi connectivity index (χ3n) is 15.9. The molecule has 0 radical (unpaired) electrons. The van der Waals surface area contributed by atoms with Crippen LogP contribution < -0.4 is 0 Å². The first-order chi connectivity index (χ1) is 38.5. The van der Waals surface area contributed by atoms with Crippen LogP contribution in [0.3, 0.4) is 0 Å². The Labute approximate surface area is 486 Å². The van der Waals surface area contributed by atoms with Gasteiger partial charge in [-0.15, -0.1) is 0 Å². The molecule has 0 aromatic heterocycles. The third-order valence-corrected chi connectivity index (χ3v) is 15.9. The van der Waals surface area contributed by atoms with Crippen LogP contribution in [-0.2, 0) is 28.6 Å². The van der Waals surface area contributed by atoms with Gasteiger partial charge < -0.3 is 14.2 Å². The molecule has 1 atom stereocenters. The molecule has 78 heavy (non-hydrogen) atoms. The summed E-state index contributed by atoms with van der Waals surface area (Å²) in [5.41, 5.74) is 0. The van der Waals surface area contributed by atoms with Crippen molar-refractivity contribution in [2.45, 2.75) is 393 Å². The highest BCUT2D eigenvalue weighted by Gasteiger charge is 2.19. The fourth-order valence-corrected chi connectivity index (χ4v) is 10.6. The number of carbonyl (C=O) groups excluding carboxylic acids is 3. The Bertz CT molecular complexity index is 1300. The summed E-state index contributed by atoms with van der Waals surface area (Å²) < 4.78 is 16.8. The minimum absolute atomic E-state index is 0.0736. The number of hydrogen-bond acceptors (Lipinski definition) is 6. The molecule has 458 valence electrons. The van der Waals surface area contributed by atoms with Crippen LogP contribution in [0.2, 0.25) is 0 Å². The second-order valence-electron chi connectivity index (χ2n) is 23.8. The van der Waals surface area contributed by atoms with E-state index in [2.05, 4.69) is 57.2 Å². The maximum Gasteiger partial charge on any atom is 0.306 e. The molecule has 0 aliphatic heterocycles. The highest BCUT2D eigenvalue weighted by atomic mass is 16.6. The van der Waals surface area contributed by atoms with Crippen LogP contribution in [0.4, 0.5) is 0 Å². The fourth-order valence-electron chi connectivity index (χ4n) is 10.6. The first-order valence-corrected chi connectivity index (χ1v) is 35.0. The standard InChI is InChI=1S/C72H134O6/c1-4-7-10-13-16-18-20-22-24-26-28-29-30-31-32-33-34-35-36-37-38-39-40-41-42-43-45-46-48-50-52-54-56-59-62-65-71(74)77-68-69(67-76-70(73)64-61-58-15-12-9-6-3)78-72(75)66-63-60-57-55-53-51-49-47-44-27-25-23-21-19-17-14-11-8-5-2/h17,19,23,25,44,47,69H,4-16,18,20-22,24,26-43,45-46,48-68H2,1-3H3/b19-17-,25-23-,47-44-. The van der Waals surface area contributed by atoms with Crippen LogP contribution in [0.25, 0.3) is 0 Å². The van der Waals surface area contributed by atoms with Gasteiger partial charge in [0.15, 0.2) is 6.10 Å². The molecule has 0 aliphatic carbocycles. The highest BCUT2D eigenvalue weighted by molar-refractivity contribution is 5.71. The lowest BCUT2D eigenvalue weighted by atomic mass is 10.0. The average Bonchev–Trinajstić information content (AvgIpc) is 3.44. The number of unbranched alkanes of at least 4 members (excludes halogenated alkanes) is 48. The molecule has 0 amide bonds. The van der Waals surface area contributed by atoms with Crippen LogP contribution in [0.15, 0.2) is 36.5 Å². The lowest BCUT2D eigenvalue weighted by Gasteiger charge is -2.18. The topological polar surface area (TPSA) is 78.9 Å². The summed E-state index contributed by atoms with van der Waals surface area (Å²) >= 11 is 0. The van der Waals surface area contributed by atoms with Crippen molar-refractivity contribution in [2.24, 2.45) is 0 Å². The smallest absolute Gasteiger partial charge is 0.306 e. The van der Waals surface area contributed by atoms with Gasteiger partial charge in [-0.2, -0.15) is 0 Å². The second-order valence-corrected chi connectivity index (χ2v) is 23.8. The van der Waals surface area contributed by atoms with E-state index >= 15 is 0 Å². The summed E-state index contributed by atoms with van der Waals surface area (Å²) in [6.45, 7) is 6.60. The number of ether oxygens (including phenoxy) is 3. The van der Waals surface area contributed by atoms with E-state index in [1.165, 1.54) is 270 Å². The Morgan fingerprint density at radius 2 is 0.462 bits per heavy atom. The van der Waals surface area contributed by atoms with Gasteiger partial charge in [0.2, 0.25) is 0 Å². The van der Waals surface area contributed by atoms with Crippen LogP contribution in [0.5, 0.6) is 0 Å². The molecule has 0 bridgehead atoms. The van der Waals surface area contributed by atoms with Gasteiger partial charge in [-0.25, -0.2) is 0 Å². The fraction of sp³-hybridized carbons (Fsp3) is 0.875. The van der Waals surface area contributed by atoms with Gasteiger partial charge in [-0.3, -0.25) is 14.4 Å². The summed E-state index contributed by atoms with van der Waals surface area (Å²) in [4.78, 5) is 38.0. The second kappa shape index (κ2) is 67.1. The van der Waals surface area contributed by atoms with Crippen molar-refractivity contribution in [1.82, 2.24) is 0 Å². The van der Waals surface area contributed by atoms with Crippen LogP contribution in [-0.4, -0.2) is 37.2 Å². The molecule has 6 nitrogen and oxygen atoms in total. The highest BCUT2D eigenvalue weighted by Crippen LogP contribution is 2.19. The predicted molar refractivity (Wildman–Crippen MR) is 339 cm³/mol. The first-order valence-electron chi connectivity index (χ1n) is 35.0. The van der Waals surface area contributed by atoms with Gasteiger partial charge in [0.25, 0.3) is 0 Å². The van der Waals surface area contributed by atoms with E-state index in [4.69, 9.17) is 14.2 Å². The molecular formula is C72H134O6. The summed E-state index contributed by atoms with van der Waals surface area (Å²) in [5.74, 6) is -0.875. The lowest BCUT2D eigenvalue weighted by molar-refractivity contribution is -0.167. The van der Waals surface area contributed by atoms with Crippen molar-refractivity contribution in [1.29, 1.82) is 0 Å². The summed E-state index contributed by atoms with van der Waals surface area (Å²) in [5, 5.41) is 0. The van der Waals surface area contributed by atoms with Gasteiger partial charge in [-0.1, -0.05) is 346 Å². The van der Waals surface area contributed by atoms with E-state index in [1.54, 1.807) is 0 Å². The first kappa shape index (κ1) is 75.6. The number of esters is 3. The Balaban J connectivity index is 3.90. The van der Waals surface area contributed by atoms with Gasteiger partial charge in [0.1, 0.15) is 13.2 Å². The van der Waals surface area contributed by atoms with Gasteiger partial charge >= 0.3 is 17.9 Å². The number of hydrogen-bond donors (Lipinski definition) is 0. The SMILES string of the molecule is CCCCC/C=C\C/C=C\C/C=C\CCCCCCCCC(=O)OC(COC(=O)CCCCCCCC)COC(=O)CCCCCCCCCCCCCCCCCCCCCCCCCCCCCCCCCCCCC. The minimum Gasteiger partial charge on any atom is -0.462 e. The van der Waals surface area contributed by atoms with Crippen LogP contribution in [0, 0.1) is 0 Å². The van der Waals surface area contributed by atoms with Gasteiger partial charge in [0.05, 0.1) is 0 Å². The monoisotopic (exact) mass is 1100 g/mol. The van der Waals surface area contributed by atoms with E-state index in [0.717, 1.165) is 77.0 Å². The zero-order valence-electron chi connectivity index (χ0n) is 52.7. The Hall–Kier alpha value is -2.37. The molecule has 0 spiro atoms. The van der Waals surface area contributed by atoms with Crippen molar-refractivity contribution in [3.63, 3.8) is 0 Å². The maximum absolute atomic E-state index is 12.8. The number of carbonyl (C=O) groups is 3. The average molecular weight is 1100 g/mol. The number of rotatable bonds is 65. The minimum atomic E-state index is -0.774. The van der Waals surface area contributed by atoms with Crippen molar-refractivity contribution in [3.8, 4) is 0 Å². The Kier molecular flexibility index (Phi) is 65.1. The van der Waals surface area contributed by atoms with Gasteiger partial charge in [-0.05, 0) is 57.8 Å². The van der Waals surface area contributed by atoms with Crippen LogP contribution >= 0.6 is 0 Å². The molecule has 0 fully saturated rings. The molecule has 0 aromatic carbocycles. The maximum atomic E-state index is 12.8. The zero-order chi connectivity index (χ0) is 56.4. The molecule has 0 aliphatic rings. The number of allylic oxidation sites excluding steroid dienone is 6. The molecule has 0 aromatic rings. The van der Waals surface area contributed by atoms with E-state index in [-0.39, 0.29) is 31.1 Å². The Morgan fingerprint density at radius 3 is 0.744 bits per heavy atom. The molecule has 0 N–H and O–H groups in total. The summed E-state index contributed by atoms with van der Waals surface area (Å²) in [6, 6.07) is 0. The molecule has 0 saturated carbocycles. The van der Waals surface area contributed by atoms with Crippen molar-refractivity contribution in [3.05, 3.63) is 36.5 Å². The molecule has 0 saturated heterocycles. The lowest BCUT2D eigenvalue weighted by Crippen LogP contribution is -2.30. The molecule has 0 rings (SSSR count). The predicted octanol–water partition coefficient (Wildman–Crippen LogP) is 23.9. The van der Waals surface area contributed by atoms with E-state index in [0.29, 0.717) is 19.3 Å². The zero-order valence-corrected chi connectivity index (χ0v) is 52.7. The normalized spacial score (nSPS) is 12.2. The molecule has 1 unspecified atom stereocenters. The molecule has 6 heteroatoms. The Morgan fingerprint density at radius 1 is 0.256 bits per heavy atom. The molecule has 0 heterocycles. The van der Waals surface area contributed by atoms with Gasteiger partial charge in [0, 0.05) is 19.3 Å². The third kappa shape index (κ3) is 64.5. The van der Waals surface area contributed by atoms with Crippen LogP contribution in [0.1, 0.15) is 387 Å². The van der Waals surface area contributed by atoms with Crippen molar-refractivity contribution >= 4 is 17.9 Å². The molecular weight excluding hydrogens is 961 g/mol. The summed E-state index contributed by atoms with van der Waals surface area (Å²) in [7, 11) is 0. The van der Waals surface area contributed by atoms with Crippen molar-refractivity contribution < 1.29 is 28.6 Å². The van der Waals surface area contributed by atoms with E-state index in [9.17, 15) is 14.4 Å². The van der Waals surface area contributed by atoms with Crippen molar-refractivity contribution in [2.75, 3.05) is 13.2 Å². The van der Waals surface area contributed by atoms with E-state index < -0.39 is 6.10 Å². The van der Waals surface area contributed by atoms with E-state index in [1.807, 2.05) is 0 Å². The summed E-state index contributed by atoms with van der Waals surface area (Å²) in [6.07, 6.45) is 83.8. The largest absolute Gasteiger partial charge is 0.462 e.